The summed E-state index contributed by atoms with van der Waals surface area (Å²) < 4.78 is 0. The normalized spacial score (nSPS) is 10.7. The maximum atomic E-state index is 11.4. The minimum Gasteiger partial charge on any atom is -0.478 e. The van der Waals surface area contributed by atoms with Gasteiger partial charge in [-0.15, -0.1) is 0 Å². The van der Waals surface area contributed by atoms with Crippen molar-refractivity contribution in [1.82, 2.24) is 9.97 Å². The van der Waals surface area contributed by atoms with Crippen LogP contribution in [-0.4, -0.2) is 21.0 Å². The summed E-state index contributed by atoms with van der Waals surface area (Å²) in [6.45, 7) is 0.542. The Morgan fingerprint density at radius 1 is 1.21 bits per heavy atom. The molecule has 0 unspecified atom stereocenters. The highest BCUT2D eigenvalue weighted by Crippen LogP contribution is 2.26. The van der Waals surface area contributed by atoms with E-state index in [9.17, 15) is 9.90 Å². The first-order valence-corrected chi connectivity index (χ1v) is 5.96. The molecule has 0 amide bonds. The molecule has 0 aliphatic rings. The summed E-state index contributed by atoms with van der Waals surface area (Å²) in [6.07, 6.45) is 1.83. The van der Waals surface area contributed by atoms with Gasteiger partial charge < -0.3 is 20.4 Å². The molecule has 0 aliphatic carbocycles. The molecule has 5 nitrogen and oxygen atoms in total. The van der Waals surface area contributed by atoms with Gasteiger partial charge in [-0.05, 0) is 18.2 Å². The number of hydrogen-bond acceptors (Lipinski definition) is 2. The van der Waals surface area contributed by atoms with Crippen molar-refractivity contribution >= 4 is 22.7 Å². The van der Waals surface area contributed by atoms with Crippen molar-refractivity contribution in [3.8, 4) is 0 Å². The topological polar surface area (TPSA) is 80.9 Å². The van der Waals surface area contributed by atoms with Crippen molar-refractivity contribution < 1.29 is 9.90 Å². The summed E-state index contributed by atoms with van der Waals surface area (Å²) in [6, 6.07) is 11.2. The number of aromatic nitrogens is 2. The van der Waals surface area contributed by atoms with Crippen molar-refractivity contribution in [2.24, 2.45) is 0 Å². The Morgan fingerprint density at radius 2 is 2.05 bits per heavy atom. The number of nitrogens with one attached hydrogen (secondary N) is 3. The van der Waals surface area contributed by atoms with E-state index in [0.29, 0.717) is 17.7 Å². The predicted octanol–water partition coefficient (Wildman–Crippen LogP) is 2.81. The van der Waals surface area contributed by atoms with Crippen LogP contribution in [0.25, 0.3) is 10.9 Å². The van der Waals surface area contributed by atoms with Gasteiger partial charge in [-0.3, -0.25) is 0 Å². The first kappa shape index (κ1) is 11.4. The third-order valence-corrected chi connectivity index (χ3v) is 3.04. The van der Waals surface area contributed by atoms with Crippen LogP contribution >= 0.6 is 0 Å². The van der Waals surface area contributed by atoms with Crippen LogP contribution in [0.3, 0.4) is 0 Å². The minimum atomic E-state index is -0.938. The van der Waals surface area contributed by atoms with Crippen LogP contribution in [0.4, 0.5) is 5.82 Å². The van der Waals surface area contributed by atoms with E-state index in [0.717, 1.165) is 11.2 Å². The molecule has 0 bridgehead atoms. The number of rotatable bonds is 4. The Labute approximate surface area is 109 Å². The zero-order valence-electron chi connectivity index (χ0n) is 10.1. The average Bonchev–Trinajstić information content (AvgIpc) is 3.03. The lowest BCUT2D eigenvalue weighted by atomic mass is 10.1. The lowest BCUT2D eigenvalue weighted by molar-refractivity contribution is 0.0700. The standard InChI is InChI=1S/C14H13N3O2/c18-14(19)12-10-5-1-2-6-11(10)17-13(12)16-8-9-4-3-7-15-9/h1-7,15-17H,8H2,(H,18,19). The summed E-state index contributed by atoms with van der Waals surface area (Å²) in [5.41, 5.74) is 2.09. The van der Waals surface area contributed by atoms with E-state index in [1.807, 2.05) is 36.5 Å². The molecule has 0 fully saturated rings. The molecule has 0 atom stereocenters. The molecule has 3 aromatic rings. The third kappa shape index (κ3) is 2.06. The number of carboxylic acids is 1. The van der Waals surface area contributed by atoms with E-state index in [4.69, 9.17) is 0 Å². The monoisotopic (exact) mass is 255 g/mol. The van der Waals surface area contributed by atoms with E-state index in [1.54, 1.807) is 6.07 Å². The van der Waals surface area contributed by atoms with Gasteiger partial charge in [0.1, 0.15) is 11.4 Å². The van der Waals surface area contributed by atoms with E-state index in [-0.39, 0.29) is 5.56 Å². The Hall–Kier alpha value is -2.69. The van der Waals surface area contributed by atoms with Crippen LogP contribution < -0.4 is 5.32 Å². The Morgan fingerprint density at radius 3 is 2.79 bits per heavy atom. The van der Waals surface area contributed by atoms with Gasteiger partial charge in [0.15, 0.2) is 0 Å². The van der Waals surface area contributed by atoms with Gasteiger partial charge in [-0.1, -0.05) is 18.2 Å². The predicted molar refractivity (Wildman–Crippen MR) is 73.4 cm³/mol. The van der Waals surface area contributed by atoms with Crippen molar-refractivity contribution in [3.63, 3.8) is 0 Å². The van der Waals surface area contributed by atoms with Gasteiger partial charge in [0.05, 0.1) is 6.54 Å². The molecule has 2 heterocycles. The quantitative estimate of drug-likeness (QED) is 0.578. The first-order chi connectivity index (χ1) is 9.25. The van der Waals surface area contributed by atoms with Crippen molar-refractivity contribution in [1.29, 1.82) is 0 Å². The van der Waals surface area contributed by atoms with Crippen LogP contribution in [0, 0.1) is 0 Å². The van der Waals surface area contributed by atoms with Crippen LogP contribution in [-0.2, 0) is 6.54 Å². The number of H-pyrrole nitrogens is 2. The summed E-state index contributed by atoms with van der Waals surface area (Å²) in [4.78, 5) is 17.6. The summed E-state index contributed by atoms with van der Waals surface area (Å²) in [5.74, 6) is -0.408. The number of fused-ring (bicyclic) bond motifs is 1. The second-order valence-corrected chi connectivity index (χ2v) is 4.27. The molecule has 19 heavy (non-hydrogen) atoms. The zero-order valence-corrected chi connectivity index (χ0v) is 10.1. The summed E-state index contributed by atoms with van der Waals surface area (Å²) >= 11 is 0. The maximum Gasteiger partial charge on any atom is 0.340 e. The van der Waals surface area contributed by atoms with E-state index < -0.39 is 5.97 Å². The lowest BCUT2D eigenvalue weighted by Gasteiger charge is -2.04. The van der Waals surface area contributed by atoms with E-state index in [2.05, 4.69) is 15.3 Å². The number of aromatic carboxylic acids is 1. The van der Waals surface area contributed by atoms with Crippen LogP contribution in [0.2, 0.25) is 0 Å². The number of carbonyl (C=O) groups is 1. The molecule has 0 radical (unpaired) electrons. The van der Waals surface area contributed by atoms with Crippen LogP contribution in [0.5, 0.6) is 0 Å². The molecule has 0 spiro atoms. The fourth-order valence-electron chi connectivity index (χ4n) is 2.16. The summed E-state index contributed by atoms with van der Waals surface area (Å²) in [7, 11) is 0. The molecule has 0 saturated heterocycles. The van der Waals surface area contributed by atoms with Crippen molar-refractivity contribution in [3.05, 3.63) is 53.9 Å². The van der Waals surface area contributed by atoms with Crippen molar-refractivity contribution in [2.75, 3.05) is 5.32 Å². The SMILES string of the molecule is O=C(O)c1c(NCc2ccc[nH]2)[nH]c2ccccc12. The Balaban J connectivity index is 1.98. The Bertz CT molecular complexity index is 713. The van der Waals surface area contributed by atoms with Gasteiger partial charge in [-0.2, -0.15) is 0 Å². The largest absolute Gasteiger partial charge is 0.478 e. The number of aromatic amines is 2. The number of anilines is 1. The highest BCUT2D eigenvalue weighted by molar-refractivity contribution is 6.08. The van der Waals surface area contributed by atoms with Crippen LogP contribution in [0.15, 0.2) is 42.6 Å². The second-order valence-electron chi connectivity index (χ2n) is 4.27. The first-order valence-electron chi connectivity index (χ1n) is 5.96. The molecule has 0 saturated carbocycles. The lowest BCUT2D eigenvalue weighted by Crippen LogP contribution is -2.05. The maximum absolute atomic E-state index is 11.4. The highest BCUT2D eigenvalue weighted by Gasteiger charge is 2.17. The molecule has 5 heteroatoms. The highest BCUT2D eigenvalue weighted by atomic mass is 16.4. The van der Waals surface area contributed by atoms with Gasteiger partial charge in [-0.25, -0.2) is 4.79 Å². The molecular formula is C14H13N3O2. The summed E-state index contributed by atoms with van der Waals surface area (Å²) in [5, 5.41) is 13.2. The number of para-hydroxylation sites is 1. The smallest absolute Gasteiger partial charge is 0.340 e. The Kier molecular flexibility index (Phi) is 2.72. The fourth-order valence-corrected chi connectivity index (χ4v) is 2.16. The number of hydrogen-bond donors (Lipinski definition) is 4. The van der Waals surface area contributed by atoms with Crippen LogP contribution in [0.1, 0.15) is 16.1 Å². The molecular weight excluding hydrogens is 242 g/mol. The fraction of sp³-hybridized carbons (Fsp3) is 0.0714. The van der Waals surface area contributed by atoms with Gasteiger partial charge in [0, 0.05) is 22.8 Å². The van der Waals surface area contributed by atoms with E-state index >= 15 is 0 Å². The second kappa shape index (κ2) is 4.53. The van der Waals surface area contributed by atoms with Gasteiger partial charge >= 0.3 is 5.97 Å². The number of carboxylic acid groups (broad SMARTS) is 1. The van der Waals surface area contributed by atoms with Gasteiger partial charge in [0.25, 0.3) is 0 Å². The molecule has 4 N–H and O–H groups in total. The zero-order chi connectivity index (χ0) is 13.2. The minimum absolute atomic E-state index is 0.280. The van der Waals surface area contributed by atoms with E-state index in [1.165, 1.54) is 0 Å². The molecule has 2 aromatic heterocycles. The molecule has 3 rings (SSSR count). The molecule has 96 valence electrons. The van der Waals surface area contributed by atoms with Crippen molar-refractivity contribution in [2.45, 2.75) is 6.54 Å². The number of benzene rings is 1. The molecule has 1 aromatic carbocycles. The van der Waals surface area contributed by atoms with Gasteiger partial charge in [0.2, 0.25) is 0 Å². The third-order valence-electron chi connectivity index (χ3n) is 3.04. The average molecular weight is 255 g/mol. The molecule has 0 aliphatic heterocycles.